The van der Waals surface area contributed by atoms with Crippen LogP contribution in [-0.2, 0) is 4.79 Å². The molecule has 5 rings (SSSR count). The molecule has 5 saturated carbocycles. The maximum Gasteiger partial charge on any atom is 0.321 e. The van der Waals surface area contributed by atoms with Crippen molar-refractivity contribution in [1.82, 2.24) is 16.0 Å². The minimum absolute atomic E-state index is 0.208. The van der Waals surface area contributed by atoms with Gasteiger partial charge in [-0.1, -0.05) is 19.3 Å². The van der Waals surface area contributed by atoms with Gasteiger partial charge in [-0.2, -0.15) is 0 Å². The molecule has 5 aliphatic rings. The fraction of sp³-hybridized carbons (Fsp3) is 0.909. The Kier molecular flexibility index (Phi) is 5.50. The van der Waals surface area contributed by atoms with E-state index in [0.717, 1.165) is 30.6 Å². The highest BCUT2D eigenvalue weighted by molar-refractivity contribution is 5.96. The van der Waals surface area contributed by atoms with Crippen molar-refractivity contribution in [2.45, 2.75) is 103 Å². The Morgan fingerprint density at radius 1 is 0.889 bits per heavy atom. The van der Waals surface area contributed by atoms with Gasteiger partial charge in [-0.15, -0.1) is 0 Å². The molecule has 0 radical (unpaired) electrons. The van der Waals surface area contributed by atoms with Gasteiger partial charge in [0.1, 0.15) is 0 Å². The lowest BCUT2D eigenvalue weighted by atomic mass is 9.48. The lowest BCUT2D eigenvalue weighted by molar-refractivity contribution is -0.123. The first-order chi connectivity index (χ1) is 12.9. The molecule has 5 heteroatoms. The van der Waals surface area contributed by atoms with Crippen LogP contribution < -0.4 is 16.0 Å². The molecule has 0 aromatic carbocycles. The molecule has 0 spiro atoms. The number of amides is 3. The van der Waals surface area contributed by atoms with Crippen molar-refractivity contribution in [1.29, 1.82) is 0 Å². The molecule has 0 unspecified atom stereocenters. The van der Waals surface area contributed by atoms with Crippen LogP contribution in [-0.4, -0.2) is 30.1 Å². The first-order valence-electron chi connectivity index (χ1n) is 11.3. The molecule has 5 nitrogen and oxygen atoms in total. The van der Waals surface area contributed by atoms with Crippen molar-refractivity contribution >= 4 is 11.9 Å². The summed E-state index contributed by atoms with van der Waals surface area (Å²) in [5.41, 5.74) is 0.369. The summed E-state index contributed by atoms with van der Waals surface area (Å²) in [5.74, 6) is 2.52. The molecule has 0 heterocycles. The van der Waals surface area contributed by atoms with Crippen LogP contribution in [0.2, 0.25) is 0 Å². The Morgan fingerprint density at radius 3 is 2.00 bits per heavy atom. The van der Waals surface area contributed by atoms with E-state index in [0.29, 0.717) is 11.5 Å². The molecular formula is C22H37N3O2. The van der Waals surface area contributed by atoms with E-state index in [1.54, 1.807) is 0 Å². The van der Waals surface area contributed by atoms with Crippen molar-refractivity contribution in [2.75, 3.05) is 0 Å². The molecule has 152 valence electrons. The fourth-order valence-corrected chi connectivity index (χ4v) is 7.02. The maximum atomic E-state index is 12.5. The van der Waals surface area contributed by atoms with Crippen molar-refractivity contribution in [3.05, 3.63) is 0 Å². The standard InChI is InChI=1S/C22H37N3O2/c1-14(20(26)25-21(27)24-19-6-4-3-5-7-19)23-15(2)22-11-16-8-17(12-22)10-18(9-16)13-22/h14-19,23H,3-13H2,1-2H3,(H2,24,25,26,27)/t14-,15+,16?,17?,18?,22?/m1/s1. The van der Waals surface area contributed by atoms with Gasteiger partial charge in [0.25, 0.3) is 0 Å². The van der Waals surface area contributed by atoms with Gasteiger partial charge in [0, 0.05) is 12.1 Å². The van der Waals surface area contributed by atoms with Crippen LogP contribution in [0.25, 0.3) is 0 Å². The van der Waals surface area contributed by atoms with Crippen LogP contribution in [0.4, 0.5) is 4.79 Å². The molecule has 0 aromatic heterocycles. The van der Waals surface area contributed by atoms with E-state index >= 15 is 0 Å². The van der Waals surface area contributed by atoms with E-state index in [1.165, 1.54) is 57.8 Å². The number of carbonyl (C=O) groups excluding carboxylic acids is 2. The van der Waals surface area contributed by atoms with E-state index in [1.807, 2.05) is 6.92 Å². The van der Waals surface area contributed by atoms with Crippen LogP contribution in [0.1, 0.15) is 84.5 Å². The highest BCUT2D eigenvalue weighted by atomic mass is 16.2. The van der Waals surface area contributed by atoms with Crippen LogP contribution in [0, 0.1) is 23.2 Å². The molecule has 27 heavy (non-hydrogen) atoms. The third-order valence-corrected chi connectivity index (χ3v) is 8.07. The summed E-state index contributed by atoms with van der Waals surface area (Å²) in [6.07, 6.45) is 13.9. The SMILES string of the molecule is C[C@H](N[C@H](C)C(=O)NC(=O)NC1CCCCC1)C12CC3CC(CC(C3)C1)C2. The van der Waals surface area contributed by atoms with Crippen molar-refractivity contribution in [2.24, 2.45) is 23.2 Å². The lowest BCUT2D eigenvalue weighted by Gasteiger charge is -2.59. The van der Waals surface area contributed by atoms with E-state index in [2.05, 4.69) is 22.9 Å². The Bertz CT molecular complexity index is 535. The molecular weight excluding hydrogens is 338 g/mol. The molecule has 0 saturated heterocycles. The first-order valence-corrected chi connectivity index (χ1v) is 11.3. The third kappa shape index (κ3) is 4.18. The second-order valence-corrected chi connectivity index (χ2v) is 10.2. The number of hydrogen-bond donors (Lipinski definition) is 3. The Hall–Kier alpha value is -1.10. The fourth-order valence-electron chi connectivity index (χ4n) is 7.02. The Balaban J connectivity index is 1.27. The van der Waals surface area contributed by atoms with Crippen LogP contribution >= 0.6 is 0 Å². The van der Waals surface area contributed by atoms with Gasteiger partial charge >= 0.3 is 6.03 Å². The minimum Gasteiger partial charge on any atom is -0.335 e. The van der Waals surface area contributed by atoms with E-state index in [4.69, 9.17) is 0 Å². The molecule has 3 N–H and O–H groups in total. The molecule has 0 aliphatic heterocycles. The summed E-state index contributed by atoms with van der Waals surface area (Å²) < 4.78 is 0. The second kappa shape index (κ2) is 7.73. The number of rotatable bonds is 5. The van der Waals surface area contributed by atoms with E-state index < -0.39 is 0 Å². The summed E-state index contributed by atoms with van der Waals surface area (Å²) in [6, 6.07) is -0.123. The van der Waals surface area contributed by atoms with E-state index in [-0.39, 0.29) is 24.0 Å². The highest BCUT2D eigenvalue weighted by Crippen LogP contribution is 2.61. The minimum atomic E-state index is -0.342. The smallest absolute Gasteiger partial charge is 0.321 e. The number of carbonyl (C=O) groups is 2. The summed E-state index contributed by atoms with van der Waals surface area (Å²) >= 11 is 0. The summed E-state index contributed by atoms with van der Waals surface area (Å²) in [6.45, 7) is 4.15. The summed E-state index contributed by atoms with van der Waals surface area (Å²) in [4.78, 5) is 24.7. The molecule has 2 atom stereocenters. The number of urea groups is 1. The maximum absolute atomic E-state index is 12.5. The van der Waals surface area contributed by atoms with Crippen molar-refractivity contribution < 1.29 is 9.59 Å². The van der Waals surface area contributed by atoms with E-state index in [9.17, 15) is 9.59 Å². The van der Waals surface area contributed by atoms with Crippen molar-refractivity contribution in [3.8, 4) is 0 Å². The van der Waals surface area contributed by atoms with Crippen LogP contribution in [0.15, 0.2) is 0 Å². The van der Waals surface area contributed by atoms with Crippen molar-refractivity contribution in [3.63, 3.8) is 0 Å². The molecule has 5 fully saturated rings. The predicted octanol–water partition coefficient (Wildman–Crippen LogP) is 3.73. The average molecular weight is 376 g/mol. The van der Waals surface area contributed by atoms with Gasteiger partial charge in [0.15, 0.2) is 0 Å². The zero-order valence-corrected chi connectivity index (χ0v) is 17.1. The van der Waals surface area contributed by atoms with Gasteiger partial charge in [-0.3, -0.25) is 10.1 Å². The number of nitrogens with one attached hydrogen (secondary N) is 3. The van der Waals surface area contributed by atoms with Crippen LogP contribution in [0.5, 0.6) is 0 Å². The Labute approximate surface area is 163 Å². The van der Waals surface area contributed by atoms with Gasteiger partial charge < -0.3 is 10.6 Å². The number of hydrogen-bond acceptors (Lipinski definition) is 3. The largest absolute Gasteiger partial charge is 0.335 e. The van der Waals surface area contributed by atoms with Gasteiger partial charge in [-0.25, -0.2) is 4.79 Å². The summed E-state index contributed by atoms with van der Waals surface area (Å²) in [7, 11) is 0. The van der Waals surface area contributed by atoms with Crippen LogP contribution in [0.3, 0.4) is 0 Å². The highest BCUT2D eigenvalue weighted by Gasteiger charge is 2.53. The predicted molar refractivity (Wildman–Crippen MR) is 106 cm³/mol. The average Bonchev–Trinajstić information content (AvgIpc) is 2.61. The molecule has 5 aliphatic carbocycles. The quantitative estimate of drug-likeness (QED) is 0.686. The monoisotopic (exact) mass is 375 g/mol. The molecule has 3 amide bonds. The van der Waals surface area contributed by atoms with Gasteiger partial charge in [0.05, 0.1) is 6.04 Å². The Morgan fingerprint density at radius 2 is 1.44 bits per heavy atom. The van der Waals surface area contributed by atoms with Gasteiger partial charge in [0.2, 0.25) is 5.91 Å². The first kappa shape index (κ1) is 19.2. The third-order valence-electron chi connectivity index (χ3n) is 8.07. The second-order valence-electron chi connectivity index (χ2n) is 10.2. The molecule has 0 aromatic rings. The zero-order valence-electron chi connectivity index (χ0n) is 17.1. The topological polar surface area (TPSA) is 70.2 Å². The van der Waals surface area contributed by atoms with Gasteiger partial charge in [-0.05, 0) is 88.4 Å². The normalized spacial score (nSPS) is 37.6. The zero-order chi connectivity index (χ0) is 19.0. The lowest BCUT2D eigenvalue weighted by Crippen LogP contribution is -2.58. The molecule has 4 bridgehead atoms. The number of imide groups is 1. The summed E-state index contributed by atoms with van der Waals surface area (Å²) in [5, 5.41) is 9.08.